The van der Waals surface area contributed by atoms with Gasteiger partial charge in [0.25, 0.3) is 0 Å². The number of hydrogen-bond donors (Lipinski definition) is 1. The molecule has 8 heteroatoms. The lowest BCUT2D eigenvalue weighted by Crippen LogP contribution is -2.09. The molecule has 22 heavy (non-hydrogen) atoms. The summed E-state index contributed by atoms with van der Waals surface area (Å²) in [5.41, 5.74) is 5.77. The lowest BCUT2D eigenvalue weighted by atomic mass is 10.2. The zero-order valence-corrected chi connectivity index (χ0v) is 15.3. The molecule has 0 fully saturated rings. The Balaban J connectivity index is 0.000000255. The van der Waals surface area contributed by atoms with E-state index in [1.165, 1.54) is 6.20 Å². The summed E-state index contributed by atoms with van der Waals surface area (Å²) in [5.74, 6) is -0.559. The third-order valence-electron chi connectivity index (χ3n) is 2.30. The maximum Gasteiger partial charge on any atom is 0.341 e. The molecule has 0 atom stereocenters. The van der Waals surface area contributed by atoms with Gasteiger partial charge < -0.3 is 10.5 Å². The number of halogens is 4. The Bertz CT molecular complexity index is 651. The van der Waals surface area contributed by atoms with Gasteiger partial charge in [0.05, 0.1) is 12.3 Å². The number of pyridine rings is 1. The van der Waals surface area contributed by atoms with Gasteiger partial charge in [-0.15, -0.1) is 0 Å². The van der Waals surface area contributed by atoms with Crippen LogP contribution in [0, 0.1) is 0 Å². The molecule has 118 valence electrons. The number of carbonyl (C=O) groups excluding carboxylic acids is 1. The van der Waals surface area contributed by atoms with Crippen molar-refractivity contribution in [1.29, 1.82) is 0 Å². The Morgan fingerprint density at radius 2 is 2.05 bits per heavy atom. The molecule has 2 N–H and O–H groups in total. The Labute approximate surface area is 151 Å². The highest BCUT2D eigenvalue weighted by Gasteiger charge is 2.15. The van der Waals surface area contributed by atoms with Crippen LogP contribution >= 0.6 is 50.7 Å². The van der Waals surface area contributed by atoms with Gasteiger partial charge in [0.2, 0.25) is 0 Å². The first-order chi connectivity index (χ1) is 10.4. The summed E-state index contributed by atoms with van der Waals surface area (Å²) in [4.78, 5) is 15.0. The van der Waals surface area contributed by atoms with Crippen molar-refractivity contribution in [3.8, 4) is 0 Å². The largest absolute Gasteiger partial charge is 0.462 e. The molecule has 2 rings (SSSR count). The Morgan fingerprint density at radius 3 is 2.55 bits per heavy atom. The van der Waals surface area contributed by atoms with E-state index in [2.05, 4.69) is 20.9 Å². The van der Waals surface area contributed by atoms with E-state index in [4.69, 9.17) is 45.3 Å². The fourth-order valence-electron chi connectivity index (χ4n) is 1.31. The standard InChI is InChI=1S/C8H8Cl2N2O2.C6H4BrCl/c1-2-14-8(13)4-3-12-7(10)5(9)6(4)11;7-5-2-1-3-6(8)4-5/h3H,2H2,1H3,(H2,11,12);1-4H. The number of anilines is 1. The first-order valence-corrected chi connectivity index (χ1v) is 7.97. The van der Waals surface area contributed by atoms with Crippen molar-refractivity contribution in [3.63, 3.8) is 0 Å². The van der Waals surface area contributed by atoms with Crippen molar-refractivity contribution < 1.29 is 9.53 Å². The van der Waals surface area contributed by atoms with Gasteiger partial charge in [0.1, 0.15) is 15.7 Å². The van der Waals surface area contributed by atoms with Crippen LogP contribution in [0.15, 0.2) is 34.9 Å². The van der Waals surface area contributed by atoms with Crippen LogP contribution in [0.4, 0.5) is 5.69 Å². The average molecular weight is 427 g/mol. The van der Waals surface area contributed by atoms with Gasteiger partial charge in [0, 0.05) is 15.7 Å². The van der Waals surface area contributed by atoms with Crippen molar-refractivity contribution in [2.24, 2.45) is 0 Å². The maximum atomic E-state index is 11.3. The maximum absolute atomic E-state index is 11.3. The Kier molecular flexibility index (Phi) is 7.96. The molecule has 0 spiro atoms. The number of nitrogen functional groups attached to an aromatic ring is 1. The van der Waals surface area contributed by atoms with E-state index in [9.17, 15) is 4.79 Å². The van der Waals surface area contributed by atoms with Gasteiger partial charge >= 0.3 is 5.97 Å². The fraction of sp³-hybridized carbons (Fsp3) is 0.143. The molecule has 1 aromatic carbocycles. The molecule has 4 nitrogen and oxygen atoms in total. The van der Waals surface area contributed by atoms with E-state index in [1.54, 1.807) is 6.92 Å². The van der Waals surface area contributed by atoms with Gasteiger partial charge in [-0.2, -0.15) is 0 Å². The summed E-state index contributed by atoms with van der Waals surface area (Å²) in [6, 6.07) is 7.52. The van der Waals surface area contributed by atoms with Crippen molar-refractivity contribution in [2.45, 2.75) is 6.92 Å². The fourth-order valence-corrected chi connectivity index (χ4v) is 2.33. The molecule has 0 bridgehead atoms. The van der Waals surface area contributed by atoms with Crippen molar-refractivity contribution in [2.75, 3.05) is 12.3 Å². The van der Waals surface area contributed by atoms with Gasteiger partial charge in [-0.25, -0.2) is 9.78 Å². The van der Waals surface area contributed by atoms with Crippen molar-refractivity contribution in [1.82, 2.24) is 4.98 Å². The average Bonchev–Trinajstić information content (AvgIpc) is 2.45. The zero-order valence-electron chi connectivity index (χ0n) is 11.4. The lowest BCUT2D eigenvalue weighted by molar-refractivity contribution is 0.0527. The summed E-state index contributed by atoms with van der Waals surface area (Å²) in [5, 5.41) is 0.897. The molecule has 0 saturated carbocycles. The van der Waals surface area contributed by atoms with Gasteiger partial charge in [-0.3, -0.25) is 0 Å². The number of carbonyl (C=O) groups is 1. The molecular weight excluding hydrogens is 414 g/mol. The number of ether oxygens (including phenoxy) is 1. The van der Waals surface area contributed by atoms with E-state index in [-0.39, 0.29) is 28.0 Å². The summed E-state index contributed by atoms with van der Waals surface area (Å²) in [6.45, 7) is 1.96. The highest BCUT2D eigenvalue weighted by atomic mass is 79.9. The van der Waals surface area contributed by atoms with E-state index < -0.39 is 5.97 Å². The molecule has 0 aliphatic carbocycles. The lowest BCUT2D eigenvalue weighted by Gasteiger charge is -2.06. The van der Waals surface area contributed by atoms with Gasteiger partial charge in [0.15, 0.2) is 0 Å². The third kappa shape index (κ3) is 5.65. The molecule has 0 aliphatic rings. The SMILES string of the molecule is CCOC(=O)c1cnc(Cl)c(Cl)c1N.Clc1cccc(Br)c1. The summed E-state index contributed by atoms with van der Waals surface area (Å²) in [6.07, 6.45) is 1.24. The number of esters is 1. The Morgan fingerprint density at radius 1 is 1.36 bits per heavy atom. The number of hydrogen-bond acceptors (Lipinski definition) is 4. The Hall–Kier alpha value is -1.01. The van der Waals surface area contributed by atoms with Crippen LogP contribution in [0.25, 0.3) is 0 Å². The van der Waals surface area contributed by atoms with Crippen LogP contribution < -0.4 is 5.73 Å². The zero-order chi connectivity index (χ0) is 16.7. The number of aromatic nitrogens is 1. The van der Waals surface area contributed by atoms with E-state index in [1.807, 2.05) is 24.3 Å². The summed E-state index contributed by atoms with van der Waals surface area (Å²) < 4.78 is 5.76. The number of rotatable bonds is 2. The van der Waals surface area contributed by atoms with Crippen LogP contribution in [-0.2, 0) is 4.74 Å². The summed E-state index contributed by atoms with van der Waals surface area (Å²) in [7, 11) is 0. The molecule has 1 heterocycles. The van der Waals surface area contributed by atoms with Crippen LogP contribution in [-0.4, -0.2) is 17.6 Å². The minimum atomic E-state index is -0.559. The minimum Gasteiger partial charge on any atom is -0.462 e. The molecule has 0 unspecified atom stereocenters. The molecule has 0 saturated heterocycles. The van der Waals surface area contributed by atoms with Crippen LogP contribution in [0.1, 0.15) is 17.3 Å². The predicted molar refractivity (Wildman–Crippen MR) is 93.8 cm³/mol. The third-order valence-corrected chi connectivity index (χ3v) is 3.79. The second kappa shape index (κ2) is 9.20. The van der Waals surface area contributed by atoms with E-state index in [0.717, 1.165) is 9.50 Å². The quantitative estimate of drug-likeness (QED) is 0.526. The van der Waals surface area contributed by atoms with Gasteiger partial charge in [-0.05, 0) is 25.1 Å². The molecule has 1 aromatic heterocycles. The second-order valence-corrected chi connectivity index (χ2v) is 5.94. The van der Waals surface area contributed by atoms with E-state index >= 15 is 0 Å². The molecule has 0 amide bonds. The highest BCUT2D eigenvalue weighted by molar-refractivity contribution is 9.10. The minimum absolute atomic E-state index is 0.0669. The van der Waals surface area contributed by atoms with Crippen molar-refractivity contribution >= 4 is 62.4 Å². The number of nitrogens with two attached hydrogens (primary N) is 1. The number of benzene rings is 1. The molecular formula is C14H12BrCl3N2O2. The van der Waals surface area contributed by atoms with Crippen LogP contribution in [0.2, 0.25) is 15.2 Å². The highest BCUT2D eigenvalue weighted by Crippen LogP contribution is 2.28. The molecule has 0 aliphatic heterocycles. The number of nitrogens with zero attached hydrogens (tertiary/aromatic N) is 1. The topological polar surface area (TPSA) is 65.2 Å². The van der Waals surface area contributed by atoms with Crippen molar-refractivity contribution in [3.05, 3.63) is 55.7 Å². The summed E-state index contributed by atoms with van der Waals surface area (Å²) >= 11 is 20.2. The van der Waals surface area contributed by atoms with E-state index in [0.29, 0.717) is 0 Å². The van der Waals surface area contributed by atoms with Gasteiger partial charge in [-0.1, -0.05) is 56.8 Å². The monoisotopic (exact) mass is 424 g/mol. The molecule has 0 radical (unpaired) electrons. The first kappa shape index (κ1) is 19.0. The smallest absolute Gasteiger partial charge is 0.341 e. The predicted octanol–water partition coefficient (Wildman–Crippen LogP) is 5.25. The molecule has 2 aromatic rings. The normalized spacial score (nSPS) is 9.68. The van der Waals surface area contributed by atoms with Crippen LogP contribution in [0.3, 0.4) is 0 Å². The second-order valence-electron chi connectivity index (χ2n) is 3.85. The van der Waals surface area contributed by atoms with Crippen LogP contribution in [0.5, 0.6) is 0 Å². The first-order valence-electron chi connectivity index (χ1n) is 6.04.